The number of carbonyl (C=O) groups excluding carboxylic acids is 1. The van der Waals surface area contributed by atoms with E-state index in [-0.39, 0.29) is 18.1 Å². The summed E-state index contributed by atoms with van der Waals surface area (Å²) in [6, 6.07) is 11.3. The molecule has 2 aromatic heterocycles. The second-order valence-corrected chi connectivity index (χ2v) is 5.25. The third-order valence-corrected chi connectivity index (χ3v) is 3.28. The third-order valence-electron chi connectivity index (χ3n) is 3.28. The fraction of sp³-hybridized carbons (Fsp3) is 0.111. The SMILES string of the molecule is Cc1cccc(NC(=O)c2ccc(COc3ccc(F)cc3F)o2)n1. The van der Waals surface area contributed by atoms with Crippen molar-refractivity contribution >= 4 is 11.7 Å². The van der Waals surface area contributed by atoms with Crippen LogP contribution in [0.2, 0.25) is 0 Å². The Labute approximate surface area is 142 Å². The molecule has 1 amide bonds. The Balaban J connectivity index is 1.62. The van der Waals surface area contributed by atoms with Gasteiger partial charge in [-0.25, -0.2) is 13.8 Å². The lowest BCUT2D eigenvalue weighted by molar-refractivity contribution is 0.0992. The predicted octanol–water partition coefficient (Wildman–Crippen LogP) is 4.09. The predicted molar refractivity (Wildman–Crippen MR) is 86.3 cm³/mol. The maximum absolute atomic E-state index is 13.5. The highest BCUT2D eigenvalue weighted by molar-refractivity contribution is 6.01. The van der Waals surface area contributed by atoms with Crippen molar-refractivity contribution in [2.75, 3.05) is 5.32 Å². The Bertz CT molecular complexity index is 909. The van der Waals surface area contributed by atoms with Crippen LogP contribution in [-0.4, -0.2) is 10.9 Å². The molecule has 25 heavy (non-hydrogen) atoms. The van der Waals surface area contributed by atoms with Crippen LogP contribution in [-0.2, 0) is 6.61 Å². The standard InChI is InChI=1S/C18H14F2N2O3/c1-11-3-2-4-17(21-11)22-18(23)16-8-6-13(25-16)10-24-15-7-5-12(19)9-14(15)20/h2-9H,10H2,1H3,(H,21,22,23). The molecule has 0 saturated heterocycles. The van der Waals surface area contributed by atoms with Gasteiger partial charge in [0.05, 0.1) is 0 Å². The third kappa shape index (κ3) is 4.20. The number of nitrogens with one attached hydrogen (secondary N) is 1. The molecule has 0 aliphatic rings. The Kier molecular flexibility index (Phi) is 4.74. The Hall–Kier alpha value is -3.22. The summed E-state index contributed by atoms with van der Waals surface area (Å²) < 4.78 is 36.9. The van der Waals surface area contributed by atoms with Gasteiger partial charge in [-0.15, -0.1) is 0 Å². The first kappa shape index (κ1) is 16.6. The average Bonchev–Trinajstić information content (AvgIpc) is 3.03. The number of hydrogen-bond donors (Lipinski definition) is 1. The van der Waals surface area contributed by atoms with Crippen molar-refractivity contribution in [1.29, 1.82) is 0 Å². The quantitative estimate of drug-likeness (QED) is 0.757. The van der Waals surface area contributed by atoms with Crippen molar-refractivity contribution in [1.82, 2.24) is 4.98 Å². The van der Waals surface area contributed by atoms with Gasteiger partial charge < -0.3 is 14.5 Å². The van der Waals surface area contributed by atoms with Crippen LogP contribution in [0.25, 0.3) is 0 Å². The van der Waals surface area contributed by atoms with Gasteiger partial charge in [0.2, 0.25) is 0 Å². The van der Waals surface area contributed by atoms with Gasteiger partial charge in [0, 0.05) is 11.8 Å². The molecule has 0 spiro atoms. The van der Waals surface area contributed by atoms with Crippen LogP contribution >= 0.6 is 0 Å². The molecule has 1 aromatic carbocycles. The number of halogens is 2. The van der Waals surface area contributed by atoms with E-state index in [4.69, 9.17) is 9.15 Å². The largest absolute Gasteiger partial charge is 0.483 e. The summed E-state index contributed by atoms with van der Waals surface area (Å²) in [5.74, 6) is -1.26. The van der Waals surface area contributed by atoms with Crippen molar-refractivity contribution in [2.45, 2.75) is 13.5 Å². The molecule has 0 saturated carbocycles. The van der Waals surface area contributed by atoms with E-state index in [1.807, 2.05) is 13.0 Å². The van der Waals surface area contributed by atoms with Gasteiger partial charge >= 0.3 is 0 Å². The van der Waals surface area contributed by atoms with E-state index in [0.717, 1.165) is 17.8 Å². The van der Waals surface area contributed by atoms with Crippen LogP contribution in [0.1, 0.15) is 22.0 Å². The topological polar surface area (TPSA) is 64.4 Å². The number of aromatic nitrogens is 1. The van der Waals surface area contributed by atoms with E-state index in [1.54, 1.807) is 18.2 Å². The number of rotatable bonds is 5. The zero-order chi connectivity index (χ0) is 17.8. The Morgan fingerprint density at radius 1 is 1.20 bits per heavy atom. The maximum Gasteiger partial charge on any atom is 0.292 e. The number of amides is 1. The van der Waals surface area contributed by atoms with Crippen molar-refractivity contribution in [3.63, 3.8) is 0 Å². The Morgan fingerprint density at radius 2 is 2.04 bits per heavy atom. The average molecular weight is 344 g/mol. The molecule has 0 bridgehead atoms. The van der Waals surface area contributed by atoms with E-state index < -0.39 is 17.5 Å². The molecule has 0 radical (unpaired) electrons. The van der Waals surface area contributed by atoms with Gasteiger partial charge in [-0.3, -0.25) is 4.79 Å². The summed E-state index contributed by atoms with van der Waals surface area (Å²) in [5, 5.41) is 2.62. The van der Waals surface area contributed by atoms with Crippen LogP contribution in [0.15, 0.2) is 52.9 Å². The Morgan fingerprint density at radius 3 is 2.80 bits per heavy atom. The number of anilines is 1. The van der Waals surface area contributed by atoms with Crippen molar-refractivity contribution in [3.8, 4) is 5.75 Å². The highest BCUT2D eigenvalue weighted by Crippen LogP contribution is 2.20. The lowest BCUT2D eigenvalue weighted by atomic mass is 10.3. The molecule has 0 unspecified atom stereocenters. The molecule has 5 nitrogen and oxygen atoms in total. The first-order chi connectivity index (χ1) is 12.0. The molecule has 128 valence electrons. The summed E-state index contributed by atoms with van der Waals surface area (Å²) in [6.45, 7) is 1.71. The fourth-order valence-corrected chi connectivity index (χ4v) is 2.11. The summed E-state index contributed by atoms with van der Waals surface area (Å²) in [5.41, 5.74) is 0.771. The zero-order valence-corrected chi connectivity index (χ0v) is 13.3. The minimum absolute atomic E-state index is 0.0708. The number of hydrogen-bond acceptors (Lipinski definition) is 4. The molecular formula is C18H14F2N2O3. The van der Waals surface area contributed by atoms with Crippen LogP contribution < -0.4 is 10.1 Å². The lowest BCUT2D eigenvalue weighted by Gasteiger charge is -2.05. The van der Waals surface area contributed by atoms with Gasteiger partial charge in [0.25, 0.3) is 5.91 Å². The first-order valence-electron chi connectivity index (χ1n) is 7.43. The van der Waals surface area contributed by atoms with E-state index in [0.29, 0.717) is 11.6 Å². The van der Waals surface area contributed by atoms with Crippen LogP contribution in [0, 0.1) is 18.6 Å². The smallest absolute Gasteiger partial charge is 0.292 e. The molecular weight excluding hydrogens is 330 g/mol. The van der Waals surface area contributed by atoms with Gasteiger partial charge in [0.1, 0.15) is 24.0 Å². The molecule has 0 aliphatic carbocycles. The number of benzene rings is 1. The zero-order valence-electron chi connectivity index (χ0n) is 13.3. The highest BCUT2D eigenvalue weighted by atomic mass is 19.1. The molecule has 1 N–H and O–H groups in total. The van der Waals surface area contributed by atoms with Crippen molar-refractivity contribution < 1.29 is 22.7 Å². The van der Waals surface area contributed by atoms with Crippen LogP contribution in [0.3, 0.4) is 0 Å². The normalized spacial score (nSPS) is 10.5. The molecule has 3 aromatic rings. The second kappa shape index (κ2) is 7.12. The summed E-state index contributed by atoms with van der Waals surface area (Å²) in [7, 11) is 0. The highest BCUT2D eigenvalue weighted by Gasteiger charge is 2.13. The molecule has 2 heterocycles. The number of furan rings is 1. The maximum atomic E-state index is 13.5. The van der Waals surface area contributed by atoms with Gasteiger partial charge in [-0.1, -0.05) is 6.07 Å². The van der Waals surface area contributed by atoms with Gasteiger partial charge in [-0.05, 0) is 43.3 Å². The van der Waals surface area contributed by atoms with Gasteiger partial charge in [-0.2, -0.15) is 0 Å². The monoisotopic (exact) mass is 344 g/mol. The minimum Gasteiger partial charge on any atom is -0.483 e. The number of carbonyl (C=O) groups is 1. The van der Waals surface area contributed by atoms with E-state index in [9.17, 15) is 13.6 Å². The molecule has 0 fully saturated rings. The van der Waals surface area contributed by atoms with Crippen molar-refractivity contribution in [2.24, 2.45) is 0 Å². The molecule has 0 atom stereocenters. The first-order valence-corrected chi connectivity index (χ1v) is 7.43. The number of ether oxygens (including phenoxy) is 1. The summed E-state index contributed by atoms with van der Waals surface area (Å²) in [4.78, 5) is 16.3. The fourth-order valence-electron chi connectivity index (χ4n) is 2.11. The molecule has 0 aliphatic heterocycles. The number of pyridine rings is 1. The van der Waals surface area contributed by atoms with E-state index in [1.165, 1.54) is 12.1 Å². The number of nitrogens with zero attached hydrogens (tertiary/aromatic N) is 1. The van der Waals surface area contributed by atoms with Gasteiger partial charge in [0.15, 0.2) is 17.3 Å². The van der Waals surface area contributed by atoms with Crippen LogP contribution in [0.5, 0.6) is 5.75 Å². The van der Waals surface area contributed by atoms with Crippen molar-refractivity contribution in [3.05, 3.63) is 77.4 Å². The number of aryl methyl sites for hydroxylation is 1. The lowest BCUT2D eigenvalue weighted by Crippen LogP contribution is -2.12. The van der Waals surface area contributed by atoms with Crippen LogP contribution in [0.4, 0.5) is 14.6 Å². The second-order valence-electron chi connectivity index (χ2n) is 5.25. The minimum atomic E-state index is -0.810. The van der Waals surface area contributed by atoms with E-state index in [2.05, 4.69) is 10.3 Å². The molecule has 7 heteroatoms. The summed E-state index contributed by atoms with van der Waals surface area (Å²) >= 11 is 0. The summed E-state index contributed by atoms with van der Waals surface area (Å²) in [6.07, 6.45) is 0. The van der Waals surface area contributed by atoms with E-state index >= 15 is 0 Å². The molecule has 3 rings (SSSR count).